The van der Waals surface area contributed by atoms with Crippen LogP contribution in [0.25, 0.3) is 22.2 Å². The molecule has 0 aliphatic rings. The average Bonchev–Trinajstić information content (AvgIpc) is 3.08. The van der Waals surface area contributed by atoms with Crippen LogP contribution in [0.3, 0.4) is 0 Å². The van der Waals surface area contributed by atoms with Crippen LogP contribution in [-0.2, 0) is 0 Å². The van der Waals surface area contributed by atoms with Crippen molar-refractivity contribution >= 4 is 45.8 Å². The molecule has 0 unspecified atom stereocenters. The Hall–Kier alpha value is -4.52. The molecule has 3 N–H and O–H groups in total. The third-order valence-corrected chi connectivity index (χ3v) is 5.13. The maximum absolute atomic E-state index is 13.2. The van der Waals surface area contributed by atoms with E-state index in [-0.39, 0.29) is 17.3 Å². The van der Waals surface area contributed by atoms with Gasteiger partial charge in [0.2, 0.25) is 0 Å². The van der Waals surface area contributed by atoms with E-state index in [9.17, 15) is 4.79 Å². The molecule has 0 radical (unpaired) electrons. The van der Waals surface area contributed by atoms with Crippen molar-refractivity contribution in [2.75, 3.05) is 11.1 Å². The SMILES string of the molecule is Cc1ccc(NC(=O)c2c(N)n(/N=C\c3ccccc3)c3nc4ccccc4nc23)cc1. The number of hydrogen-bond donors (Lipinski definition) is 2. The molecule has 5 aromatic rings. The van der Waals surface area contributed by atoms with Crippen LogP contribution in [-0.4, -0.2) is 26.8 Å². The number of aryl methyl sites for hydroxylation is 1. The van der Waals surface area contributed by atoms with Gasteiger partial charge in [0, 0.05) is 5.69 Å². The lowest BCUT2D eigenvalue weighted by Gasteiger charge is -2.06. The van der Waals surface area contributed by atoms with Gasteiger partial charge in [0.05, 0.1) is 17.2 Å². The van der Waals surface area contributed by atoms with Crippen molar-refractivity contribution in [1.29, 1.82) is 0 Å². The van der Waals surface area contributed by atoms with Crippen LogP contribution < -0.4 is 11.1 Å². The predicted octanol–water partition coefficient (Wildman–Crippen LogP) is 4.61. The molecule has 0 fully saturated rings. The molecule has 5 rings (SSSR count). The second-order valence-corrected chi connectivity index (χ2v) is 7.43. The molecular formula is C25H20N6O. The van der Waals surface area contributed by atoms with Gasteiger partial charge >= 0.3 is 0 Å². The number of amides is 1. The van der Waals surface area contributed by atoms with Gasteiger partial charge in [-0.1, -0.05) is 60.2 Å². The lowest BCUT2D eigenvalue weighted by atomic mass is 10.2. The Labute approximate surface area is 184 Å². The van der Waals surface area contributed by atoms with E-state index in [1.807, 2.05) is 85.8 Å². The number of para-hydroxylation sites is 2. The summed E-state index contributed by atoms with van der Waals surface area (Å²) in [5, 5.41) is 7.42. The highest BCUT2D eigenvalue weighted by molar-refractivity contribution is 6.16. The summed E-state index contributed by atoms with van der Waals surface area (Å²) in [4.78, 5) is 22.6. The molecule has 0 aliphatic carbocycles. The number of fused-ring (bicyclic) bond motifs is 2. The van der Waals surface area contributed by atoms with Crippen molar-refractivity contribution in [3.8, 4) is 0 Å². The van der Waals surface area contributed by atoms with Crippen LogP contribution in [0.15, 0.2) is 84.0 Å². The molecule has 2 heterocycles. The molecule has 7 nitrogen and oxygen atoms in total. The Balaban J connectivity index is 1.66. The molecule has 0 bridgehead atoms. The van der Waals surface area contributed by atoms with E-state index in [4.69, 9.17) is 15.7 Å². The molecule has 0 atom stereocenters. The first kappa shape index (κ1) is 19.4. The largest absolute Gasteiger partial charge is 0.383 e. The van der Waals surface area contributed by atoms with E-state index in [1.165, 1.54) is 4.68 Å². The van der Waals surface area contributed by atoms with Gasteiger partial charge in [-0.2, -0.15) is 9.78 Å². The van der Waals surface area contributed by atoms with Gasteiger partial charge in [0.1, 0.15) is 16.9 Å². The second-order valence-electron chi connectivity index (χ2n) is 7.43. The number of anilines is 2. The first-order valence-electron chi connectivity index (χ1n) is 10.1. The van der Waals surface area contributed by atoms with Crippen molar-refractivity contribution in [3.63, 3.8) is 0 Å². The number of nitrogens with zero attached hydrogens (tertiary/aromatic N) is 4. The molecule has 0 saturated carbocycles. The average molecular weight is 420 g/mol. The number of carbonyl (C=O) groups excluding carboxylic acids is 1. The molecule has 0 aliphatic heterocycles. The summed E-state index contributed by atoms with van der Waals surface area (Å²) in [5.74, 6) is -0.193. The summed E-state index contributed by atoms with van der Waals surface area (Å²) in [6, 6.07) is 24.7. The van der Waals surface area contributed by atoms with Crippen molar-refractivity contribution in [3.05, 3.63) is 95.6 Å². The Kier molecular flexibility index (Phi) is 4.84. The summed E-state index contributed by atoms with van der Waals surface area (Å²) >= 11 is 0. The third-order valence-electron chi connectivity index (χ3n) is 5.13. The highest BCUT2D eigenvalue weighted by Crippen LogP contribution is 2.28. The molecule has 0 saturated heterocycles. The Morgan fingerprint density at radius 2 is 1.59 bits per heavy atom. The van der Waals surface area contributed by atoms with Crippen LogP contribution in [0.1, 0.15) is 21.5 Å². The normalized spacial score (nSPS) is 11.4. The van der Waals surface area contributed by atoms with Gasteiger partial charge in [-0.05, 0) is 36.8 Å². The second kappa shape index (κ2) is 7.96. The van der Waals surface area contributed by atoms with Crippen molar-refractivity contribution < 1.29 is 4.79 Å². The third kappa shape index (κ3) is 3.56. The summed E-state index contributed by atoms with van der Waals surface area (Å²) in [5.41, 5.74) is 11.5. The van der Waals surface area contributed by atoms with Gasteiger partial charge < -0.3 is 11.1 Å². The fourth-order valence-electron chi connectivity index (χ4n) is 3.48. The fourth-order valence-corrected chi connectivity index (χ4v) is 3.48. The van der Waals surface area contributed by atoms with Crippen LogP contribution in [0.2, 0.25) is 0 Å². The van der Waals surface area contributed by atoms with E-state index >= 15 is 0 Å². The topological polar surface area (TPSA) is 98.2 Å². The van der Waals surface area contributed by atoms with Crippen LogP contribution in [0, 0.1) is 6.92 Å². The quantitative estimate of drug-likeness (QED) is 0.415. The van der Waals surface area contributed by atoms with Gasteiger partial charge in [-0.15, -0.1) is 0 Å². The molecule has 0 spiro atoms. The maximum Gasteiger partial charge on any atom is 0.261 e. The number of aromatic nitrogens is 3. The fraction of sp³-hybridized carbons (Fsp3) is 0.0400. The van der Waals surface area contributed by atoms with Gasteiger partial charge in [-0.25, -0.2) is 9.97 Å². The minimum Gasteiger partial charge on any atom is -0.383 e. The maximum atomic E-state index is 13.2. The zero-order valence-electron chi connectivity index (χ0n) is 17.4. The van der Waals surface area contributed by atoms with Crippen LogP contribution in [0.4, 0.5) is 11.5 Å². The minimum absolute atomic E-state index is 0.173. The molecular weight excluding hydrogens is 400 g/mol. The predicted molar refractivity (Wildman–Crippen MR) is 128 cm³/mol. The van der Waals surface area contributed by atoms with Crippen molar-refractivity contribution in [2.24, 2.45) is 5.10 Å². The van der Waals surface area contributed by atoms with Gasteiger partial charge in [-0.3, -0.25) is 4.79 Å². The summed E-state index contributed by atoms with van der Waals surface area (Å²) < 4.78 is 1.46. The summed E-state index contributed by atoms with van der Waals surface area (Å²) in [7, 11) is 0. The number of nitrogens with two attached hydrogens (primary N) is 1. The van der Waals surface area contributed by atoms with E-state index in [2.05, 4.69) is 10.4 Å². The van der Waals surface area contributed by atoms with Crippen molar-refractivity contribution in [1.82, 2.24) is 14.6 Å². The van der Waals surface area contributed by atoms with E-state index in [0.717, 1.165) is 11.1 Å². The number of nitrogen functional groups attached to an aromatic ring is 1. The molecule has 156 valence electrons. The number of rotatable bonds is 4. The first-order chi connectivity index (χ1) is 15.6. The van der Waals surface area contributed by atoms with Gasteiger partial charge in [0.25, 0.3) is 5.91 Å². The molecule has 32 heavy (non-hydrogen) atoms. The highest BCUT2D eigenvalue weighted by Gasteiger charge is 2.24. The highest BCUT2D eigenvalue weighted by atomic mass is 16.1. The smallest absolute Gasteiger partial charge is 0.261 e. The van der Waals surface area contributed by atoms with Crippen LogP contribution >= 0.6 is 0 Å². The monoisotopic (exact) mass is 420 g/mol. The Morgan fingerprint density at radius 3 is 2.31 bits per heavy atom. The van der Waals surface area contributed by atoms with Crippen molar-refractivity contribution in [2.45, 2.75) is 6.92 Å². The Bertz CT molecular complexity index is 1470. The summed E-state index contributed by atoms with van der Waals surface area (Å²) in [6.45, 7) is 1.99. The van der Waals surface area contributed by atoms with E-state index in [0.29, 0.717) is 27.9 Å². The molecule has 3 aromatic carbocycles. The molecule has 2 aromatic heterocycles. The number of hydrogen-bond acceptors (Lipinski definition) is 5. The minimum atomic E-state index is -0.366. The zero-order valence-corrected chi connectivity index (χ0v) is 17.4. The Morgan fingerprint density at radius 1 is 0.938 bits per heavy atom. The lowest BCUT2D eigenvalue weighted by Crippen LogP contribution is -2.14. The van der Waals surface area contributed by atoms with Crippen LogP contribution in [0.5, 0.6) is 0 Å². The van der Waals surface area contributed by atoms with E-state index in [1.54, 1.807) is 6.21 Å². The number of benzene rings is 3. The van der Waals surface area contributed by atoms with E-state index < -0.39 is 0 Å². The molecule has 7 heteroatoms. The number of nitrogens with one attached hydrogen (secondary N) is 1. The lowest BCUT2D eigenvalue weighted by molar-refractivity contribution is 0.102. The first-order valence-corrected chi connectivity index (χ1v) is 10.1. The number of carbonyl (C=O) groups is 1. The zero-order chi connectivity index (χ0) is 22.1. The summed E-state index contributed by atoms with van der Waals surface area (Å²) in [6.07, 6.45) is 1.67. The van der Waals surface area contributed by atoms with Gasteiger partial charge in [0.15, 0.2) is 5.65 Å². The molecule has 1 amide bonds. The standard InChI is InChI=1S/C25H20N6O/c1-16-11-13-18(14-12-16)28-25(32)21-22-24(30-20-10-6-5-9-19(20)29-22)31(23(21)26)27-15-17-7-3-2-4-8-17/h2-15H,26H2,1H3,(H,28,32)/b27-15-.